The van der Waals surface area contributed by atoms with Crippen molar-refractivity contribution >= 4 is 17.1 Å². The molecule has 0 bridgehead atoms. The molecule has 1 N–H and O–H groups in total. The summed E-state index contributed by atoms with van der Waals surface area (Å²) in [6.07, 6.45) is 1.68. The molecule has 0 aliphatic heterocycles. The largest absolute Gasteiger partial charge is 0.496 e. The van der Waals surface area contributed by atoms with Crippen LogP contribution in [0.3, 0.4) is 0 Å². The molecule has 0 saturated heterocycles. The molecule has 4 rings (SSSR count). The molecule has 0 unspecified atom stereocenters. The van der Waals surface area contributed by atoms with Crippen molar-refractivity contribution in [2.75, 3.05) is 7.11 Å². The van der Waals surface area contributed by atoms with Gasteiger partial charge in [-0.1, -0.05) is 24.3 Å². The summed E-state index contributed by atoms with van der Waals surface area (Å²) >= 11 is 0. The molecule has 2 heterocycles. The van der Waals surface area contributed by atoms with Crippen LogP contribution >= 0.6 is 0 Å². The van der Waals surface area contributed by atoms with Gasteiger partial charge in [-0.15, -0.1) is 0 Å². The number of carbonyl (C=O) groups is 1. The highest BCUT2D eigenvalue weighted by Crippen LogP contribution is 2.23. The van der Waals surface area contributed by atoms with Gasteiger partial charge in [-0.3, -0.25) is 4.79 Å². The topological polar surface area (TPSA) is 77.2 Å². The fourth-order valence-corrected chi connectivity index (χ4v) is 2.77. The number of amides is 1. The average Bonchev–Trinajstić information content (AvgIpc) is 3.16. The molecule has 4 aromatic rings. The number of pyridine rings is 1. The Balaban J connectivity index is 1.45. The third-order valence-corrected chi connectivity index (χ3v) is 4.17. The maximum atomic E-state index is 12.4. The predicted molar refractivity (Wildman–Crippen MR) is 101 cm³/mol. The van der Waals surface area contributed by atoms with Gasteiger partial charge in [0.15, 0.2) is 11.2 Å². The first-order valence-corrected chi connectivity index (χ1v) is 8.46. The number of methoxy groups -OCH3 is 1. The Hall–Kier alpha value is -3.67. The van der Waals surface area contributed by atoms with E-state index in [-0.39, 0.29) is 5.91 Å². The first-order valence-electron chi connectivity index (χ1n) is 8.46. The van der Waals surface area contributed by atoms with Crippen LogP contribution in [0, 0.1) is 0 Å². The molecule has 0 spiro atoms. The van der Waals surface area contributed by atoms with Crippen LogP contribution < -0.4 is 10.1 Å². The number of ether oxygens (including phenoxy) is 1. The Kier molecular flexibility index (Phi) is 4.53. The highest BCUT2D eigenvalue weighted by molar-refractivity contribution is 5.96. The first kappa shape index (κ1) is 16.8. The van der Waals surface area contributed by atoms with Crippen LogP contribution in [-0.2, 0) is 6.54 Å². The number of oxazole rings is 1. The van der Waals surface area contributed by atoms with E-state index in [9.17, 15) is 4.79 Å². The summed E-state index contributed by atoms with van der Waals surface area (Å²) in [5, 5.41) is 2.90. The summed E-state index contributed by atoms with van der Waals surface area (Å²) < 4.78 is 10.9. The molecule has 0 aliphatic rings. The molecule has 0 atom stereocenters. The van der Waals surface area contributed by atoms with Crippen molar-refractivity contribution in [3.8, 4) is 17.2 Å². The fourth-order valence-electron chi connectivity index (χ4n) is 2.77. The van der Waals surface area contributed by atoms with Gasteiger partial charge in [-0.2, -0.15) is 4.98 Å². The molecule has 0 radical (unpaired) electrons. The molecular formula is C21H17N3O3. The smallest absolute Gasteiger partial charge is 0.255 e. The minimum absolute atomic E-state index is 0.179. The maximum Gasteiger partial charge on any atom is 0.255 e. The number of hydrogen-bond acceptors (Lipinski definition) is 5. The summed E-state index contributed by atoms with van der Waals surface area (Å²) in [7, 11) is 1.55. The van der Waals surface area contributed by atoms with Crippen molar-refractivity contribution in [3.05, 3.63) is 78.0 Å². The van der Waals surface area contributed by atoms with Crippen LogP contribution in [0.5, 0.6) is 5.75 Å². The first-order chi connectivity index (χ1) is 13.2. The average molecular weight is 359 g/mol. The van der Waals surface area contributed by atoms with Gasteiger partial charge in [0.2, 0.25) is 5.89 Å². The van der Waals surface area contributed by atoms with E-state index in [1.54, 1.807) is 31.5 Å². The standard InChI is InChI=1S/C21H17N3O3/c1-26-17-6-3-2-5-16(17)20(25)23-13-14-8-10-15(11-9-14)21-24-19-18(27-21)7-4-12-22-19/h2-12H,13H2,1H3,(H,23,25). The highest BCUT2D eigenvalue weighted by atomic mass is 16.5. The lowest BCUT2D eigenvalue weighted by Gasteiger charge is -2.09. The predicted octanol–water partition coefficient (Wildman–Crippen LogP) is 3.83. The van der Waals surface area contributed by atoms with Crippen LogP contribution in [0.25, 0.3) is 22.7 Å². The lowest BCUT2D eigenvalue weighted by molar-refractivity contribution is 0.0948. The summed E-state index contributed by atoms with van der Waals surface area (Å²) in [4.78, 5) is 20.9. The molecule has 2 aromatic carbocycles. The minimum atomic E-state index is -0.179. The molecule has 27 heavy (non-hydrogen) atoms. The second-order valence-electron chi connectivity index (χ2n) is 5.92. The summed E-state index contributed by atoms with van der Waals surface area (Å²) in [5.74, 6) is 0.893. The van der Waals surface area contributed by atoms with Crippen LogP contribution in [0.15, 0.2) is 71.3 Å². The normalized spacial score (nSPS) is 10.7. The van der Waals surface area contributed by atoms with E-state index in [0.29, 0.717) is 35.0 Å². The Morgan fingerprint density at radius 1 is 1.07 bits per heavy atom. The molecule has 0 saturated carbocycles. The van der Waals surface area contributed by atoms with Gasteiger partial charge >= 0.3 is 0 Å². The van der Waals surface area contributed by atoms with Gasteiger partial charge in [0.25, 0.3) is 5.91 Å². The van der Waals surface area contributed by atoms with Gasteiger partial charge in [0.1, 0.15) is 5.75 Å². The molecule has 1 amide bonds. The zero-order valence-corrected chi connectivity index (χ0v) is 14.7. The minimum Gasteiger partial charge on any atom is -0.496 e. The number of fused-ring (bicyclic) bond motifs is 1. The number of para-hydroxylation sites is 1. The molecule has 2 aromatic heterocycles. The SMILES string of the molecule is COc1ccccc1C(=O)NCc1ccc(-c2nc3ncccc3o2)cc1. The van der Waals surface area contributed by atoms with E-state index >= 15 is 0 Å². The lowest BCUT2D eigenvalue weighted by atomic mass is 10.1. The van der Waals surface area contributed by atoms with E-state index < -0.39 is 0 Å². The zero-order chi connectivity index (χ0) is 18.6. The van der Waals surface area contributed by atoms with Gasteiger partial charge in [-0.25, -0.2) is 4.98 Å². The second-order valence-corrected chi connectivity index (χ2v) is 5.92. The molecule has 0 aliphatic carbocycles. The van der Waals surface area contributed by atoms with Gasteiger partial charge < -0.3 is 14.5 Å². The highest BCUT2D eigenvalue weighted by Gasteiger charge is 2.12. The second kappa shape index (κ2) is 7.29. The van der Waals surface area contributed by atoms with Crippen LogP contribution in [0.4, 0.5) is 0 Å². The number of aromatic nitrogens is 2. The lowest BCUT2D eigenvalue weighted by Crippen LogP contribution is -2.23. The van der Waals surface area contributed by atoms with E-state index in [2.05, 4.69) is 15.3 Å². The van der Waals surface area contributed by atoms with Crippen molar-refractivity contribution in [1.29, 1.82) is 0 Å². The van der Waals surface area contributed by atoms with Gasteiger partial charge in [0, 0.05) is 18.3 Å². The zero-order valence-electron chi connectivity index (χ0n) is 14.7. The monoisotopic (exact) mass is 359 g/mol. The number of hydrogen-bond donors (Lipinski definition) is 1. The van der Waals surface area contributed by atoms with Crippen LogP contribution in [0.1, 0.15) is 15.9 Å². The number of carbonyl (C=O) groups excluding carboxylic acids is 1. The van der Waals surface area contributed by atoms with E-state index in [4.69, 9.17) is 9.15 Å². The third-order valence-electron chi connectivity index (χ3n) is 4.17. The van der Waals surface area contributed by atoms with E-state index in [0.717, 1.165) is 11.1 Å². The van der Waals surface area contributed by atoms with Gasteiger partial charge in [-0.05, 0) is 42.0 Å². The Morgan fingerprint density at radius 2 is 1.89 bits per heavy atom. The molecule has 134 valence electrons. The van der Waals surface area contributed by atoms with E-state index in [1.165, 1.54) is 0 Å². The van der Waals surface area contributed by atoms with Crippen LogP contribution in [-0.4, -0.2) is 23.0 Å². The number of nitrogens with zero attached hydrogens (tertiary/aromatic N) is 2. The molecule has 0 fully saturated rings. The third kappa shape index (κ3) is 3.50. The molecule has 6 nitrogen and oxygen atoms in total. The van der Waals surface area contributed by atoms with Crippen molar-refractivity contribution in [2.24, 2.45) is 0 Å². The Bertz CT molecular complexity index is 1050. The van der Waals surface area contributed by atoms with E-state index in [1.807, 2.05) is 42.5 Å². The molecular weight excluding hydrogens is 342 g/mol. The summed E-state index contributed by atoms with van der Waals surface area (Å²) in [6.45, 7) is 0.409. The van der Waals surface area contributed by atoms with Crippen LogP contribution in [0.2, 0.25) is 0 Å². The van der Waals surface area contributed by atoms with Crippen molar-refractivity contribution < 1.29 is 13.9 Å². The summed E-state index contributed by atoms with van der Waals surface area (Å²) in [5.41, 5.74) is 3.57. The van der Waals surface area contributed by atoms with Crippen molar-refractivity contribution in [2.45, 2.75) is 6.54 Å². The fraction of sp³-hybridized carbons (Fsp3) is 0.0952. The molecule has 6 heteroatoms. The number of benzene rings is 2. The summed E-state index contributed by atoms with van der Waals surface area (Å²) in [6, 6.07) is 18.5. The van der Waals surface area contributed by atoms with Crippen molar-refractivity contribution in [1.82, 2.24) is 15.3 Å². The number of nitrogens with one attached hydrogen (secondary N) is 1. The van der Waals surface area contributed by atoms with Gasteiger partial charge in [0.05, 0.1) is 12.7 Å². The Morgan fingerprint density at radius 3 is 2.67 bits per heavy atom. The maximum absolute atomic E-state index is 12.4. The number of rotatable bonds is 5. The Labute approximate surface area is 155 Å². The van der Waals surface area contributed by atoms with Crippen molar-refractivity contribution in [3.63, 3.8) is 0 Å². The quantitative estimate of drug-likeness (QED) is 0.586.